The van der Waals surface area contributed by atoms with Crippen molar-refractivity contribution < 1.29 is 14.9 Å². The molecule has 0 aromatic carbocycles. The summed E-state index contributed by atoms with van der Waals surface area (Å²) in [5, 5.41) is 20.4. The standard InChI is InChI=1S/C12H18N5O3S/c1-21(2)3-6-8(18)9(19)12(20-6)17-5-16-7-10(13)14-4-15-11(7)17/h4-6,8-9,12,18-19H,3H2,1-2H3,(H2,13,14,15)/q+1/t6-,8-,9-,12-/m1/s1. The van der Waals surface area contributed by atoms with Crippen LogP contribution in [0, 0.1) is 0 Å². The molecule has 21 heavy (non-hydrogen) atoms. The number of imidazole rings is 1. The summed E-state index contributed by atoms with van der Waals surface area (Å²) in [5.74, 6) is 0.963. The fourth-order valence-corrected chi connectivity index (χ4v) is 3.41. The molecular weight excluding hydrogens is 294 g/mol. The van der Waals surface area contributed by atoms with Crippen LogP contribution in [0.25, 0.3) is 11.2 Å². The molecule has 1 saturated heterocycles. The van der Waals surface area contributed by atoms with Crippen LogP contribution in [0.1, 0.15) is 6.23 Å². The van der Waals surface area contributed by atoms with E-state index in [9.17, 15) is 10.2 Å². The highest BCUT2D eigenvalue weighted by Gasteiger charge is 2.46. The van der Waals surface area contributed by atoms with Crippen molar-refractivity contribution in [3.05, 3.63) is 12.7 Å². The lowest BCUT2D eigenvalue weighted by molar-refractivity contribution is -0.0289. The number of nitrogens with two attached hydrogens (primary N) is 1. The summed E-state index contributed by atoms with van der Waals surface area (Å²) in [6.45, 7) is 0. The van der Waals surface area contributed by atoms with Gasteiger partial charge in [-0.05, 0) is 10.9 Å². The number of aromatic nitrogens is 4. The number of ether oxygens (including phenoxy) is 1. The number of anilines is 1. The summed E-state index contributed by atoms with van der Waals surface area (Å²) in [6.07, 6.45) is 3.87. The molecule has 9 heteroatoms. The predicted molar refractivity (Wildman–Crippen MR) is 79.7 cm³/mol. The Hall–Kier alpha value is -1.42. The van der Waals surface area contributed by atoms with Gasteiger partial charge in [-0.25, -0.2) is 15.0 Å². The van der Waals surface area contributed by atoms with Crippen molar-refractivity contribution in [2.45, 2.75) is 24.5 Å². The fourth-order valence-electron chi connectivity index (χ4n) is 2.48. The summed E-state index contributed by atoms with van der Waals surface area (Å²) in [4.78, 5) is 12.2. The first-order chi connectivity index (χ1) is 9.99. The van der Waals surface area contributed by atoms with Crippen molar-refractivity contribution in [1.82, 2.24) is 19.5 Å². The Morgan fingerprint density at radius 1 is 1.29 bits per heavy atom. The van der Waals surface area contributed by atoms with Crippen molar-refractivity contribution in [1.29, 1.82) is 0 Å². The van der Waals surface area contributed by atoms with Crippen LogP contribution in [0.3, 0.4) is 0 Å². The van der Waals surface area contributed by atoms with E-state index in [1.165, 1.54) is 12.7 Å². The molecule has 0 saturated carbocycles. The van der Waals surface area contributed by atoms with E-state index in [0.29, 0.717) is 16.9 Å². The van der Waals surface area contributed by atoms with Gasteiger partial charge in [0.15, 0.2) is 17.7 Å². The van der Waals surface area contributed by atoms with Crippen molar-refractivity contribution >= 4 is 27.9 Å². The molecule has 1 fully saturated rings. The van der Waals surface area contributed by atoms with Gasteiger partial charge in [0.1, 0.15) is 35.9 Å². The molecule has 0 bridgehead atoms. The van der Waals surface area contributed by atoms with Crippen LogP contribution in [0.15, 0.2) is 12.7 Å². The number of aliphatic hydroxyl groups is 2. The third-order valence-corrected chi connectivity index (χ3v) is 4.49. The van der Waals surface area contributed by atoms with Crippen LogP contribution < -0.4 is 5.73 Å². The molecule has 0 amide bonds. The zero-order valence-corrected chi connectivity index (χ0v) is 12.6. The SMILES string of the molecule is C[S+](C)C[C@H]1O[C@@H](n2cnc3c(N)ncnc32)[C@H](O)[C@@H]1O. The van der Waals surface area contributed by atoms with E-state index in [0.717, 1.165) is 0 Å². The minimum atomic E-state index is -1.04. The van der Waals surface area contributed by atoms with Crippen LogP contribution in [0.5, 0.6) is 0 Å². The largest absolute Gasteiger partial charge is 0.387 e. The summed E-state index contributed by atoms with van der Waals surface area (Å²) < 4.78 is 7.41. The van der Waals surface area contributed by atoms with E-state index in [1.807, 2.05) is 0 Å². The second kappa shape index (κ2) is 5.41. The van der Waals surface area contributed by atoms with Gasteiger partial charge in [0.05, 0.1) is 18.8 Å². The Balaban J connectivity index is 1.94. The first kappa shape index (κ1) is 14.5. The van der Waals surface area contributed by atoms with Crippen molar-refractivity contribution in [2.24, 2.45) is 0 Å². The molecule has 8 nitrogen and oxygen atoms in total. The molecule has 2 aromatic rings. The number of hydrogen-bond acceptors (Lipinski definition) is 7. The molecule has 2 aromatic heterocycles. The number of rotatable bonds is 3. The number of hydrogen-bond donors (Lipinski definition) is 3. The predicted octanol–water partition coefficient (Wildman–Crippen LogP) is -1.09. The molecule has 3 heterocycles. The first-order valence-electron chi connectivity index (χ1n) is 6.48. The topological polar surface area (TPSA) is 119 Å². The van der Waals surface area contributed by atoms with Gasteiger partial charge in [0, 0.05) is 0 Å². The highest BCUT2D eigenvalue weighted by atomic mass is 32.2. The van der Waals surface area contributed by atoms with Crippen LogP contribution >= 0.6 is 0 Å². The quantitative estimate of drug-likeness (QED) is 0.616. The lowest BCUT2D eigenvalue weighted by atomic mass is 10.1. The average molecular weight is 312 g/mol. The van der Waals surface area contributed by atoms with E-state index in [1.54, 1.807) is 4.57 Å². The Morgan fingerprint density at radius 3 is 2.76 bits per heavy atom. The van der Waals surface area contributed by atoms with E-state index < -0.39 is 24.5 Å². The molecule has 1 aliphatic heterocycles. The Labute approximate surface area is 124 Å². The highest BCUT2D eigenvalue weighted by molar-refractivity contribution is 7.95. The molecule has 0 spiro atoms. The van der Waals surface area contributed by atoms with Crippen LogP contribution in [0.2, 0.25) is 0 Å². The van der Waals surface area contributed by atoms with Crippen LogP contribution in [-0.2, 0) is 15.6 Å². The smallest absolute Gasteiger partial charge is 0.167 e. The Morgan fingerprint density at radius 2 is 2.05 bits per heavy atom. The summed E-state index contributed by atoms with van der Waals surface area (Å²) in [5.41, 5.74) is 6.68. The molecule has 4 atom stereocenters. The zero-order chi connectivity index (χ0) is 15.1. The van der Waals surface area contributed by atoms with Crippen molar-refractivity contribution in [3.63, 3.8) is 0 Å². The normalized spacial score (nSPS) is 29.6. The molecule has 0 aliphatic carbocycles. The average Bonchev–Trinajstić information content (AvgIpc) is 2.96. The van der Waals surface area contributed by atoms with Gasteiger partial charge in [-0.15, -0.1) is 0 Å². The lowest BCUT2D eigenvalue weighted by Crippen LogP contribution is -2.34. The maximum Gasteiger partial charge on any atom is 0.167 e. The summed E-state index contributed by atoms with van der Waals surface area (Å²) in [7, 11) is 0.0998. The monoisotopic (exact) mass is 312 g/mol. The van der Waals surface area contributed by atoms with E-state index in [4.69, 9.17) is 10.5 Å². The van der Waals surface area contributed by atoms with Crippen LogP contribution in [0.4, 0.5) is 5.82 Å². The number of nitrogens with zero attached hydrogens (tertiary/aromatic N) is 4. The number of aliphatic hydroxyl groups excluding tert-OH is 2. The lowest BCUT2D eigenvalue weighted by Gasteiger charge is -2.16. The highest BCUT2D eigenvalue weighted by Crippen LogP contribution is 2.32. The third kappa shape index (κ3) is 2.46. The van der Waals surface area contributed by atoms with Gasteiger partial charge in [-0.1, -0.05) is 0 Å². The minimum absolute atomic E-state index is 0.0998. The van der Waals surface area contributed by atoms with Gasteiger partial charge < -0.3 is 20.7 Å². The second-order valence-corrected chi connectivity index (χ2v) is 7.59. The molecule has 0 unspecified atom stereocenters. The van der Waals surface area contributed by atoms with Gasteiger partial charge in [0.25, 0.3) is 0 Å². The van der Waals surface area contributed by atoms with E-state index in [2.05, 4.69) is 27.5 Å². The summed E-state index contributed by atoms with van der Waals surface area (Å²) >= 11 is 0. The Bertz CT molecular complexity index is 649. The summed E-state index contributed by atoms with van der Waals surface area (Å²) in [6, 6.07) is 0. The van der Waals surface area contributed by atoms with Crippen molar-refractivity contribution in [2.75, 3.05) is 24.0 Å². The van der Waals surface area contributed by atoms with Gasteiger partial charge in [-0.2, -0.15) is 0 Å². The fraction of sp³-hybridized carbons (Fsp3) is 0.583. The van der Waals surface area contributed by atoms with Crippen LogP contribution in [-0.4, -0.2) is 66.3 Å². The maximum atomic E-state index is 10.2. The zero-order valence-electron chi connectivity index (χ0n) is 11.7. The Kier molecular flexibility index (Phi) is 3.74. The third-order valence-electron chi connectivity index (χ3n) is 3.50. The van der Waals surface area contributed by atoms with Gasteiger partial charge >= 0.3 is 0 Å². The van der Waals surface area contributed by atoms with Gasteiger partial charge in [0.2, 0.25) is 0 Å². The molecule has 4 N–H and O–H groups in total. The maximum absolute atomic E-state index is 10.2. The van der Waals surface area contributed by atoms with Crippen molar-refractivity contribution in [3.8, 4) is 0 Å². The number of fused-ring (bicyclic) bond motifs is 1. The van der Waals surface area contributed by atoms with E-state index in [-0.39, 0.29) is 16.7 Å². The molecule has 0 radical (unpaired) electrons. The second-order valence-electron chi connectivity index (χ2n) is 5.28. The first-order valence-corrected chi connectivity index (χ1v) is 8.69. The molecule has 3 rings (SSSR count). The molecule has 114 valence electrons. The molecular formula is C12H18N5O3S+. The minimum Gasteiger partial charge on any atom is -0.387 e. The molecule has 1 aliphatic rings. The van der Waals surface area contributed by atoms with Gasteiger partial charge in [-0.3, -0.25) is 4.57 Å². The number of nitrogen functional groups attached to an aromatic ring is 1. The van der Waals surface area contributed by atoms with E-state index >= 15 is 0 Å².